The lowest BCUT2D eigenvalue weighted by atomic mass is 10.1. The summed E-state index contributed by atoms with van der Waals surface area (Å²) in [6.07, 6.45) is 13.0. The summed E-state index contributed by atoms with van der Waals surface area (Å²) in [6, 6.07) is 0. The van der Waals surface area contributed by atoms with Gasteiger partial charge in [-0.05, 0) is 0 Å². The molecule has 0 fully saturated rings. The molecule has 0 rings (SSSR count). The molecule has 0 saturated carbocycles. The molecule has 0 aromatic carbocycles. The van der Waals surface area contributed by atoms with E-state index >= 15 is 0 Å². The second-order valence-electron chi connectivity index (χ2n) is 3.47. The third kappa shape index (κ3) is 10.0. The molecule has 0 aliphatic carbocycles. The Kier molecular flexibility index (Phi) is 10.0. The minimum atomic E-state index is 0. The predicted molar refractivity (Wildman–Crippen MR) is 54.0 cm³/mol. The molecule has 68 valence electrons. The van der Waals surface area contributed by atoms with E-state index in [1.54, 1.807) is 0 Å². The molecular weight excluding hydrogens is 132 g/mol. The second kappa shape index (κ2) is 10.0. The fourth-order valence-corrected chi connectivity index (χ4v) is 1.38. The monoisotopic (exact) mass is 157 g/mol. The van der Waals surface area contributed by atoms with Crippen LogP contribution in [0.1, 0.15) is 73.1 Å². The topological polar surface area (TPSA) is 0 Å². The molecule has 0 aromatic heterocycles. The number of rotatable bonds is 8. The van der Waals surface area contributed by atoms with E-state index < -0.39 is 0 Å². The van der Waals surface area contributed by atoms with E-state index in [2.05, 4.69) is 13.8 Å². The highest BCUT2D eigenvalue weighted by Crippen LogP contribution is 2.08. The van der Waals surface area contributed by atoms with Crippen LogP contribution in [0.3, 0.4) is 0 Å². The maximum atomic E-state index is 2.27. The average molecular weight is 157 g/mol. The molecule has 0 saturated heterocycles. The number of hydrogen-bond acceptors (Lipinski definition) is 0. The van der Waals surface area contributed by atoms with E-state index in [1.165, 1.54) is 57.8 Å². The highest BCUT2D eigenvalue weighted by molar-refractivity contribution is 4.44. The molecule has 0 amide bonds. The van der Waals surface area contributed by atoms with E-state index in [4.69, 9.17) is 0 Å². The van der Waals surface area contributed by atoms with Gasteiger partial charge in [0.1, 0.15) is 0 Å². The molecule has 0 bridgehead atoms. The quantitative estimate of drug-likeness (QED) is 0.450. The largest absolute Gasteiger partial charge is 1.00 e. The smallest absolute Gasteiger partial charge is 0.0654 e. The standard InChI is InChI=1S/C11H24/c1-3-5-7-9-11-10-8-6-4-2/h3-11H2,1-2H3/p+1. The zero-order valence-electron chi connectivity index (χ0n) is 9.36. The molecule has 0 spiro atoms. The third-order valence-electron chi connectivity index (χ3n) is 2.21. The zero-order chi connectivity index (χ0) is 8.36. The van der Waals surface area contributed by atoms with Crippen molar-refractivity contribution in [1.29, 1.82) is 0 Å². The van der Waals surface area contributed by atoms with Crippen molar-refractivity contribution in [2.75, 3.05) is 0 Å². The number of hydrogen-bond donors (Lipinski definition) is 0. The van der Waals surface area contributed by atoms with Crippen molar-refractivity contribution in [2.45, 2.75) is 71.6 Å². The van der Waals surface area contributed by atoms with Crippen LogP contribution in [0.4, 0.5) is 0 Å². The van der Waals surface area contributed by atoms with Gasteiger partial charge >= 0.3 is 1.43 Å². The first kappa shape index (κ1) is 11.0. The fourth-order valence-electron chi connectivity index (χ4n) is 1.38. The first-order chi connectivity index (χ1) is 5.41. The molecule has 0 aliphatic heterocycles. The van der Waals surface area contributed by atoms with Gasteiger partial charge in [0.15, 0.2) is 0 Å². The van der Waals surface area contributed by atoms with E-state index in [9.17, 15) is 0 Å². The van der Waals surface area contributed by atoms with E-state index in [-0.39, 0.29) is 1.43 Å². The minimum Gasteiger partial charge on any atom is -0.0654 e. The zero-order valence-corrected chi connectivity index (χ0v) is 8.36. The normalized spacial score (nSPS) is 10.4. The van der Waals surface area contributed by atoms with Crippen LogP contribution in [0.15, 0.2) is 0 Å². The van der Waals surface area contributed by atoms with Crippen LogP contribution in [0.25, 0.3) is 0 Å². The predicted octanol–water partition coefficient (Wildman–Crippen LogP) is 4.65. The first-order valence-electron chi connectivity index (χ1n) is 5.41. The lowest BCUT2D eigenvalue weighted by molar-refractivity contribution is 0.572. The molecule has 0 atom stereocenters. The highest BCUT2D eigenvalue weighted by atomic mass is 13.9. The van der Waals surface area contributed by atoms with E-state index in [0.29, 0.717) is 0 Å². The van der Waals surface area contributed by atoms with Gasteiger partial charge in [-0.3, -0.25) is 0 Å². The summed E-state index contributed by atoms with van der Waals surface area (Å²) in [4.78, 5) is 0. The van der Waals surface area contributed by atoms with Crippen molar-refractivity contribution in [3.63, 3.8) is 0 Å². The molecule has 0 N–H and O–H groups in total. The van der Waals surface area contributed by atoms with Crippen LogP contribution in [-0.2, 0) is 0 Å². The summed E-state index contributed by atoms with van der Waals surface area (Å²) in [5.74, 6) is 0. The lowest BCUT2D eigenvalue weighted by Gasteiger charge is -1.98. The Morgan fingerprint density at radius 3 is 1.09 bits per heavy atom. The van der Waals surface area contributed by atoms with Gasteiger partial charge in [0, 0.05) is 0 Å². The van der Waals surface area contributed by atoms with Crippen molar-refractivity contribution in [3.05, 3.63) is 0 Å². The van der Waals surface area contributed by atoms with Crippen molar-refractivity contribution >= 4 is 0 Å². The van der Waals surface area contributed by atoms with Gasteiger partial charge in [0.05, 0.1) is 0 Å². The minimum absolute atomic E-state index is 0. The summed E-state index contributed by atoms with van der Waals surface area (Å²) in [6.45, 7) is 4.55. The molecule has 11 heavy (non-hydrogen) atoms. The summed E-state index contributed by atoms with van der Waals surface area (Å²) in [5, 5.41) is 0. The van der Waals surface area contributed by atoms with E-state index in [0.717, 1.165) is 0 Å². The Labute approximate surface area is 73.9 Å². The second-order valence-corrected chi connectivity index (χ2v) is 3.47. The van der Waals surface area contributed by atoms with Crippen LogP contribution >= 0.6 is 0 Å². The maximum Gasteiger partial charge on any atom is 1.00 e. The van der Waals surface area contributed by atoms with Crippen molar-refractivity contribution in [2.24, 2.45) is 0 Å². The van der Waals surface area contributed by atoms with Gasteiger partial charge in [0.25, 0.3) is 0 Å². The Bertz CT molecular complexity index is 54.0. The van der Waals surface area contributed by atoms with Gasteiger partial charge in [-0.2, -0.15) is 0 Å². The summed E-state index contributed by atoms with van der Waals surface area (Å²) in [7, 11) is 0. The summed E-state index contributed by atoms with van der Waals surface area (Å²) >= 11 is 0. The van der Waals surface area contributed by atoms with Crippen LogP contribution in [0.2, 0.25) is 0 Å². The number of unbranched alkanes of at least 4 members (excludes halogenated alkanes) is 8. The van der Waals surface area contributed by atoms with Crippen LogP contribution in [0, 0.1) is 0 Å². The summed E-state index contributed by atoms with van der Waals surface area (Å²) in [5.41, 5.74) is 0. The van der Waals surface area contributed by atoms with Gasteiger partial charge in [-0.1, -0.05) is 71.6 Å². The maximum absolute atomic E-state index is 2.27. The van der Waals surface area contributed by atoms with Gasteiger partial charge in [-0.25, -0.2) is 0 Å². The summed E-state index contributed by atoms with van der Waals surface area (Å²) < 4.78 is 0. The third-order valence-corrected chi connectivity index (χ3v) is 2.21. The SMILES string of the molecule is CCCCCCCCCCC.[H+]. The van der Waals surface area contributed by atoms with E-state index in [1.807, 2.05) is 0 Å². The van der Waals surface area contributed by atoms with Gasteiger partial charge in [0.2, 0.25) is 0 Å². The van der Waals surface area contributed by atoms with Gasteiger partial charge < -0.3 is 0 Å². The molecule has 0 aliphatic rings. The molecule has 0 unspecified atom stereocenters. The van der Waals surface area contributed by atoms with Crippen molar-refractivity contribution in [1.82, 2.24) is 0 Å². The molecule has 0 radical (unpaired) electrons. The first-order valence-corrected chi connectivity index (χ1v) is 5.41. The molecule has 0 nitrogen and oxygen atoms in total. The highest BCUT2D eigenvalue weighted by Gasteiger charge is 1.88. The fraction of sp³-hybridized carbons (Fsp3) is 1.00. The Morgan fingerprint density at radius 1 is 0.545 bits per heavy atom. The van der Waals surface area contributed by atoms with Gasteiger partial charge in [-0.15, -0.1) is 0 Å². The van der Waals surface area contributed by atoms with Crippen LogP contribution in [-0.4, -0.2) is 0 Å². The van der Waals surface area contributed by atoms with Crippen LogP contribution < -0.4 is 0 Å². The molecule has 0 aromatic rings. The Balaban J connectivity index is 0. The average Bonchev–Trinajstić information content (AvgIpc) is 2.03. The molecule has 0 heteroatoms. The lowest BCUT2D eigenvalue weighted by Crippen LogP contribution is -1.79. The Hall–Kier alpha value is 0. The van der Waals surface area contributed by atoms with Crippen molar-refractivity contribution < 1.29 is 1.43 Å². The Morgan fingerprint density at radius 2 is 0.818 bits per heavy atom. The van der Waals surface area contributed by atoms with Crippen LogP contribution in [0.5, 0.6) is 0 Å². The molecular formula is C11H25+. The van der Waals surface area contributed by atoms with Crippen molar-refractivity contribution in [3.8, 4) is 0 Å². The molecule has 0 heterocycles.